The summed E-state index contributed by atoms with van der Waals surface area (Å²) < 4.78 is 5.74. The molecule has 4 nitrogen and oxygen atoms in total. The van der Waals surface area contributed by atoms with E-state index in [1.54, 1.807) is 24.5 Å². The van der Waals surface area contributed by atoms with Gasteiger partial charge in [-0.2, -0.15) is 0 Å². The first kappa shape index (κ1) is 10.5. The second kappa shape index (κ2) is 4.33. The van der Waals surface area contributed by atoms with E-state index in [2.05, 4.69) is 9.97 Å². The van der Waals surface area contributed by atoms with E-state index in [1.165, 1.54) is 0 Å². The lowest BCUT2D eigenvalue weighted by atomic mass is 10.2. The average Bonchev–Trinajstić information content (AvgIpc) is 2.44. The van der Waals surface area contributed by atoms with Crippen molar-refractivity contribution in [2.75, 3.05) is 5.73 Å². The Morgan fingerprint density at radius 2 is 1.78 bits per heavy atom. The number of anilines is 1. The monoisotopic (exact) mass is 237 g/mol. The Morgan fingerprint density at radius 1 is 0.889 bits per heavy atom. The van der Waals surface area contributed by atoms with Crippen LogP contribution in [0.1, 0.15) is 0 Å². The Labute approximate surface area is 104 Å². The zero-order chi connectivity index (χ0) is 12.4. The van der Waals surface area contributed by atoms with Crippen molar-refractivity contribution in [1.82, 2.24) is 9.97 Å². The predicted molar refractivity (Wildman–Crippen MR) is 70.5 cm³/mol. The van der Waals surface area contributed by atoms with Crippen LogP contribution in [-0.4, -0.2) is 9.97 Å². The summed E-state index contributed by atoms with van der Waals surface area (Å²) in [6.45, 7) is 0. The molecule has 0 aliphatic heterocycles. The lowest BCUT2D eigenvalue weighted by Crippen LogP contribution is -1.93. The van der Waals surface area contributed by atoms with Gasteiger partial charge in [-0.3, -0.25) is 4.98 Å². The fraction of sp³-hybridized carbons (Fsp3) is 0. The molecule has 3 rings (SSSR count). The summed E-state index contributed by atoms with van der Waals surface area (Å²) in [7, 11) is 0. The van der Waals surface area contributed by atoms with Gasteiger partial charge >= 0.3 is 0 Å². The molecule has 0 fully saturated rings. The number of fused-ring (bicyclic) bond motifs is 1. The highest BCUT2D eigenvalue weighted by molar-refractivity contribution is 5.93. The normalized spacial score (nSPS) is 10.4. The summed E-state index contributed by atoms with van der Waals surface area (Å²) in [6, 6.07) is 12.9. The number of ether oxygens (including phenoxy) is 1. The molecular formula is C14H11N3O. The lowest BCUT2D eigenvalue weighted by molar-refractivity contribution is 0.468. The number of benzene rings is 1. The Bertz CT molecular complexity index is 683. The Kier molecular flexibility index (Phi) is 2.53. The van der Waals surface area contributed by atoms with Crippen molar-refractivity contribution in [2.24, 2.45) is 0 Å². The van der Waals surface area contributed by atoms with Crippen molar-refractivity contribution in [2.45, 2.75) is 0 Å². The second-order valence-electron chi connectivity index (χ2n) is 3.82. The summed E-state index contributed by atoms with van der Waals surface area (Å²) in [4.78, 5) is 8.39. The summed E-state index contributed by atoms with van der Waals surface area (Å²) in [6.07, 6.45) is 3.40. The Morgan fingerprint density at radius 3 is 2.61 bits per heavy atom. The number of nitrogen functional groups attached to an aromatic ring is 1. The van der Waals surface area contributed by atoms with Gasteiger partial charge in [0, 0.05) is 23.8 Å². The summed E-state index contributed by atoms with van der Waals surface area (Å²) in [5, 5.41) is 0.878. The number of pyridine rings is 2. The van der Waals surface area contributed by atoms with Crippen LogP contribution in [0.2, 0.25) is 0 Å². The van der Waals surface area contributed by atoms with Gasteiger partial charge in [-0.15, -0.1) is 0 Å². The van der Waals surface area contributed by atoms with Gasteiger partial charge in [0.05, 0.1) is 11.2 Å². The number of nitrogens with two attached hydrogens (primary N) is 1. The van der Waals surface area contributed by atoms with Crippen LogP contribution in [-0.2, 0) is 0 Å². The molecule has 0 aliphatic rings. The maximum absolute atomic E-state index is 5.88. The molecule has 4 heteroatoms. The Balaban J connectivity index is 2.10. The summed E-state index contributed by atoms with van der Waals surface area (Å²) >= 11 is 0. The summed E-state index contributed by atoms with van der Waals surface area (Å²) in [5.74, 6) is 1.25. The van der Waals surface area contributed by atoms with E-state index in [4.69, 9.17) is 10.5 Å². The van der Waals surface area contributed by atoms with E-state index in [9.17, 15) is 0 Å². The first-order valence-corrected chi connectivity index (χ1v) is 5.57. The molecule has 0 saturated heterocycles. The number of hydrogen-bond acceptors (Lipinski definition) is 4. The highest BCUT2D eigenvalue weighted by atomic mass is 16.5. The third kappa shape index (κ3) is 1.84. The number of hydrogen-bond donors (Lipinski definition) is 1. The van der Waals surface area contributed by atoms with Crippen molar-refractivity contribution >= 4 is 16.6 Å². The molecule has 0 unspecified atom stereocenters. The van der Waals surface area contributed by atoms with Crippen LogP contribution in [0.3, 0.4) is 0 Å². The molecule has 88 valence electrons. The molecule has 0 spiro atoms. The van der Waals surface area contributed by atoms with Crippen LogP contribution in [0.25, 0.3) is 10.9 Å². The van der Waals surface area contributed by atoms with Crippen LogP contribution in [0, 0.1) is 0 Å². The van der Waals surface area contributed by atoms with E-state index in [1.807, 2.05) is 30.3 Å². The first-order chi connectivity index (χ1) is 8.84. The highest BCUT2D eigenvalue weighted by Crippen LogP contribution is 2.30. The van der Waals surface area contributed by atoms with Crippen molar-refractivity contribution in [1.29, 1.82) is 0 Å². The van der Waals surface area contributed by atoms with E-state index >= 15 is 0 Å². The molecule has 0 saturated carbocycles. The Hall–Kier alpha value is -2.62. The topological polar surface area (TPSA) is 61.0 Å². The molecule has 2 N–H and O–H groups in total. The van der Waals surface area contributed by atoms with Crippen LogP contribution in [0.15, 0.2) is 54.9 Å². The minimum absolute atomic E-state index is 0.549. The maximum atomic E-state index is 5.88. The minimum Gasteiger partial charge on any atom is -0.438 e. The van der Waals surface area contributed by atoms with Crippen molar-refractivity contribution in [3.63, 3.8) is 0 Å². The average molecular weight is 237 g/mol. The van der Waals surface area contributed by atoms with E-state index in [-0.39, 0.29) is 0 Å². The third-order valence-corrected chi connectivity index (χ3v) is 2.61. The first-order valence-electron chi connectivity index (χ1n) is 5.57. The van der Waals surface area contributed by atoms with Gasteiger partial charge < -0.3 is 10.5 Å². The van der Waals surface area contributed by atoms with Crippen molar-refractivity contribution in [3.05, 3.63) is 54.9 Å². The van der Waals surface area contributed by atoms with Gasteiger partial charge in [-0.05, 0) is 30.3 Å². The van der Waals surface area contributed by atoms with Gasteiger partial charge in [-0.1, -0.05) is 6.07 Å². The lowest BCUT2D eigenvalue weighted by Gasteiger charge is -2.08. The van der Waals surface area contributed by atoms with Crippen molar-refractivity contribution in [3.8, 4) is 11.6 Å². The number of nitrogens with zero attached hydrogens (tertiary/aromatic N) is 2. The SMILES string of the molecule is Nc1ccc(Oc2ccccn2)c2cccnc12. The summed E-state index contributed by atoms with van der Waals surface area (Å²) in [5.41, 5.74) is 7.26. The molecule has 18 heavy (non-hydrogen) atoms. The zero-order valence-electron chi connectivity index (χ0n) is 9.58. The third-order valence-electron chi connectivity index (χ3n) is 2.61. The molecule has 3 aromatic rings. The molecule has 2 heterocycles. The maximum Gasteiger partial charge on any atom is 0.219 e. The molecule has 0 bridgehead atoms. The molecule has 0 radical (unpaired) electrons. The number of rotatable bonds is 2. The van der Waals surface area contributed by atoms with E-state index in [0.717, 1.165) is 10.9 Å². The van der Waals surface area contributed by atoms with E-state index in [0.29, 0.717) is 17.3 Å². The fourth-order valence-electron chi connectivity index (χ4n) is 1.78. The smallest absolute Gasteiger partial charge is 0.219 e. The minimum atomic E-state index is 0.549. The molecular weight excluding hydrogens is 226 g/mol. The van der Waals surface area contributed by atoms with Crippen molar-refractivity contribution < 1.29 is 4.74 Å². The van der Waals surface area contributed by atoms with Crippen LogP contribution >= 0.6 is 0 Å². The predicted octanol–water partition coefficient (Wildman–Crippen LogP) is 3.00. The van der Waals surface area contributed by atoms with Gasteiger partial charge in [0.25, 0.3) is 0 Å². The fourth-order valence-corrected chi connectivity index (χ4v) is 1.78. The zero-order valence-corrected chi connectivity index (χ0v) is 9.58. The molecule has 0 aliphatic carbocycles. The molecule has 2 aromatic heterocycles. The number of aromatic nitrogens is 2. The van der Waals surface area contributed by atoms with Gasteiger partial charge in [-0.25, -0.2) is 4.98 Å². The molecule has 1 aromatic carbocycles. The molecule has 0 atom stereocenters. The van der Waals surface area contributed by atoms with Crippen LogP contribution in [0.5, 0.6) is 11.6 Å². The van der Waals surface area contributed by atoms with Gasteiger partial charge in [0.1, 0.15) is 5.75 Å². The van der Waals surface area contributed by atoms with Crippen LogP contribution < -0.4 is 10.5 Å². The largest absolute Gasteiger partial charge is 0.438 e. The highest BCUT2D eigenvalue weighted by Gasteiger charge is 2.06. The quantitative estimate of drug-likeness (QED) is 0.696. The molecule has 0 amide bonds. The standard InChI is InChI=1S/C14H11N3O/c15-11-6-7-12(10-4-3-9-17-14(10)11)18-13-5-1-2-8-16-13/h1-9H,15H2. The van der Waals surface area contributed by atoms with Gasteiger partial charge in [0.15, 0.2) is 0 Å². The van der Waals surface area contributed by atoms with Crippen LogP contribution in [0.4, 0.5) is 5.69 Å². The second-order valence-corrected chi connectivity index (χ2v) is 3.82. The van der Waals surface area contributed by atoms with E-state index < -0.39 is 0 Å². The van der Waals surface area contributed by atoms with Gasteiger partial charge in [0.2, 0.25) is 5.88 Å².